The Morgan fingerprint density at radius 2 is 1.68 bits per heavy atom. The van der Waals surface area contributed by atoms with Crippen LogP contribution in [-0.2, 0) is 22.6 Å². The van der Waals surface area contributed by atoms with E-state index in [0.29, 0.717) is 0 Å². The van der Waals surface area contributed by atoms with Gasteiger partial charge in [-0.05, 0) is 18.3 Å². The van der Waals surface area contributed by atoms with Crippen molar-refractivity contribution in [2.24, 2.45) is 17.3 Å². The van der Waals surface area contributed by atoms with E-state index in [1.165, 1.54) is 0 Å². The maximum Gasteiger partial charge on any atom is 0.310 e. The molecule has 1 aliphatic rings. The van der Waals surface area contributed by atoms with E-state index in [1.807, 2.05) is 32.8 Å². The second-order valence-corrected chi connectivity index (χ2v) is 6.55. The van der Waals surface area contributed by atoms with Crippen molar-refractivity contribution in [3.63, 3.8) is 0 Å². The summed E-state index contributed by atoms with van der Waals surface area (Å²) in [6.07, 6.45) is 7.99. The fourth-order valence-corrected chi connectivity index (χ4v) is 3.03. The van der Waals surface area contributed by atoms with Crippen LogP contribution in [0.1, 0.15) is 31.9 Å². The van der Waals surface area contributed by atoms with Crippen LogP contribution >= 0.6 is 0 Å². The predicted octanol–water partition coefficient (Wildman–Crippen LogP) is 4.31. The molecule has 2 atom stereocenters. The SMILES string of the molecule is C#CCc1c(F)c(F)c(COC(=O)C2C(/C=C\C)C2(C)C)c(F)c1F. The third-order valence-corrected chi connectivity index (χ3v) is 4.65. The van der Waals surface area contributed by atoms with Crippen molar-refractivity contribution in [3.8, 4) is 12.3 Å². The highest BCUT2D eigenvalue weighted by molar-refractivity contribution is 5.78. The number of hydrogen-bond acceptors (Lipinski definition) is 2. The van der Waals surface area contributed by atoms with Gasteiger partial charge in [-0.1, -0.05) is 26.0 Å². The zero-order chi connectivity index (χ0) is 18.9. The van der Waals surface area contributed by atoms with Gasteiger partial charge < -0.3 is 4.74 Å². The fourth-order valence-electron chi connectivity index (χ4n) is 3.03. The van der Waals surface area contributed by atoms with Crippen LogP contribution in [0.5, 0.6) is 0 Å². The second kappa shape index (κ2) is 6.91. The van der Waals surface area contributed by atoms with Gasteiger partial charge in [0.05, 0.1) is 11.5 Å². The zero-order valence-corrected chi connectivity index (χ0v) is 14.1. The van der Waals surface area contributed by atoms with Gasteiger partial charge in [-0.25, -0.2) is 17.6 Å². The van der Waals surface area contributed by atoms with E-state index < -0.39 is 59.3 Å². The Bertz CT molecular complexity index is 746. The second-order valence-electron chi connectivity index (χ2n) is 6.55. The normalized spacial score (nSPS) is 21.2. The molecule has 0 spiro atoms. The third-order valence-electron chi connectivity index (χ3n) is 4.65. The average molecular weight is 354 g/mol. The Hall–Kier alpha value is -2.29. The first-order valence-corrected chi connectivity index (χ1v) is 7.75. The van der Waals surface area contributed by atoms with Gasteiger partial charge in [-0.3, -0.25) is 4.79 Å². The molecule has 2 unspecified atom stereocenters. The van der Waals surface area contributed by atoms with Crippen molar-refractivity contribution in [2.45, 2.75) is 33.8 Å². The number of terminal acetylenes is 1. The third kappa shape index (κ3) is 3.28. The van der Waals surface area contributed by atoms with E-state index >= 15 is 0 Å². The van der Waals surface area contributed by atoms with Crippen molar-refractivity contribution in [1.29, 1.82) is 0 Å². The van der Waals surface area contributed by atoms with Crippen molar-refractivity contribution >= 4 is 5.97 Å². The van der Waals surface area contributed by atoms with Crippen molar-refractivity contribution < 1.29 is 27.1 Å². The number of allylic oxidation sites excluding steroid dienone is 2. The highest BCUT2D eigenvalue weighted by Gasteiger charge is 2.61. The van der Waals surface area contributed by atoms with E-state index in [1.54, 1.807) is 6.08 Å². The minimum atomic E-state index is -1.60. The summed E-state index contributed by atoms with van der Waals surface area (Å²) in [6.45, 7) is 4.64. The number of benzene rings is 1. The summed E-state index contributed by atoms with van der Waals surface area (Å²) in [5.41, 5.74) is -2.16. The molecule has 1 aromatic rings. The minimum Gasteiger partial charge on any atom is -0.460 e. The van der Waals surface area contributed by atoms with E-state index in [-0.39, 0.29) is 11.3 Å². The van der Waals surface area contributed by atoms with Crippen LogP contribution in [0.15, 0.2) is 12.2 Å². The Morgan fingerprint density at radius 3 is 2.16 bits per heavy atom. The van der Waals surface area contributed by atoms with Crippen LogP contribution in [0.2, 0.25) is 0 Å². The van der Waals surface area contributed by atoms with E-state index in [9.17, 15) is 22.4 Å². The van der Waals surface area contributed by atoms with Gasteiger partial charge in [0.1, 0.15) is 6.61 Å². The van der Waals surface area contributed by atoms with Crippen LogP contribution < -0.4 is 0 Å². The molecule has 1 fully saturated rings. The van der Waals surface area contributed by atoms with Gasteiger partial charge >= 0.3 is 5.97 Å². The molecule has 6 heteroatoms. The van der Waals surface area contributed by atoms with Gasteiger partial charge in [-0.2, -0.15) is 0 Å². The summed E-state index contributed by atoms with van der Waals surface area (Å²) in [4.78, 5) is 12.1. The molecule has 2 nitrogen and oxygen atoms in total. The molecule has 0 saturated heterocycles. The molecule has 1 aromatic carbocycles. The molecule has 1 aliphatic carbocycles. The average Bonchev–Trinajstić information content (AvgIpc) is 3.10. The van der Waals surface area contributed by atoms with Crippen molar-refractivity contribution in [2.75, 3.05) is 0 Å². The first kappa shape index (κ1) is 19.0. The van der Waals surface area contributed by atoms with Crippen LogP contribution in [-0.4, -0.2) is 5.97 Å². The first-order valence-electron chi connectivity index (χ1n) is 7.75. The quantitative estimate of drug-likeness (QED) is 0.259. The van der Waals surface area contributed by atoms with Gasteiger partial charge in [0.15, 0.2) is 23.3 Å². The van der Waals surface area contributed by atoms with E-state index in [2.05, 4.69) is 0 Å². The molecule has 0 aromatic heterocycles. The van der Waals surface area contributed by atoms with Crippen molar-refractivity contribution in [1.82, 2.24) is 0 Å². The summed E-state index contributed by atoms with van der Waals surface area (Å²) in [6, 6.07) is 0. The van der Waals surface area contributed by atoms with Crippen LogP contribution in [0.4, 0.5) is 17.6 Å². The molecule has 2 rings (SSSR count). The molecular weight excluding hydrogens is 336 g/mol. The highest BCUT2D eigenvalue weighted by Crippen LogP contribution is 2.59. The number of ether oxygens (including phenoxy) is 1. The molecule has 25 heavy (non-hydrogen) atoms. The maximum atomic E-state index is 14.0. The Labute approximate surface area is 143 Å². The van der Waals surface area contributed by atoms with Gasteiger partial charge in [0, 0.05) is 12.0 Å². The first-order chi connectivity index (χ1) is 11.7. The molecule has 0 bridgehead atoms. The summed E-state index contributed by atoms with van der Waals surface area (Å²) >= 11 is 0. The smallest absolute Gasteiger partial charge is 0.310 e. The molecule has 0 radical (unpaired) electrons. The fraction of sp³-hybridized carbons (Fsp3) is 0.421. The lowest BCUT2D eigenvalue weighted by Crippen LogP contribution is -2.14. The molecule has 0 amide bonds. The Morgan fingerprint density at radius 1 is 1.16 bits per heavy atom. The van der Waals surface area contributed by atoms with E-state index in [0.717, 1.165) is 0 Å². The topological polar surface area (TPSA) is 26.3 Å². The van der Waals surface area contributed by atoms with Crippen LogP contribution in [0, 0.1) is 52.9 Å². The van der Waals surface area contributed by atoms with Gasteiger partial charge in [0.25, 0.3) is 0 Å². The minimum absolute atomic E-state index is 0.0498. The van der Waals surface area contributed by atoms with Gasteiger partial charge in [-0.15, -0.1) is 12.3 Å². The maximum absolute atomic E-state index is 14.0. The number of hydrogen-bond donors (Lipinski definition) is 0. The van der Waals surface area contributed by atoms with Crippen LogP contribution in [0.25, 0.3) is 0 Å². The van der Waals surface area contributed by atoms with E-state index in [4.69, 9.17) is 11.2 Å². The number of esters is 1. The molecule has 134 valence electrons. The summed E-state index contributed by atoms with van der Waals surface area (Å²) in [5, 5.41) is 0. The number of rotatable bonds is 5. The Kier molecular flexibility index (Phi) is 5.26. The van der Waals surface area contributed by atoms with Crippen LogP contribution in [0.3, 0.4) is 0 Å². The molecular formula is C19H18F4O2. The lowest BCUT2D eigenvalue weighted by molar-refractivity contribution is -0.147. The highest BCUT2D eigenvalue weighted by atomic mass is 19.2. The lowest BCUT2D eigenvalue weighted by Gasteiger charge is -2.11. The number of carbonyl (C=O) groups excluding carboxylic acids is 1. The monoisotopic (exact) mass is 354 g/mol. The number of carbonyl (C=O) groups is 1. The van der Waals surface area contributed by atoms with Gasteiger partial charge in [0.2, 0.25) is 0 Å². The van der Waals surface area contributed by atoms with Crippen molar-refractivity contribution in [3.05, 3.63) is 46.5 Å². The molecule has 0 N–H and O–H groups in total. The molecule has 0 heterocycles. The predicted molar refractivity (Wildman–Crippen MR) is 84.2 cm³/mol. The zero-order valence-electron chi connectivity index (χ0n) is 14.1. The largest absolute Gasteiger partial charge is 0.460 e. The summed E-state index contributed by atoms with van der Waals surface area (Å²) in [7, 11) is 0. The number of halogens is 4. The molecule has 0 aliphatic heterocycles. The molecule has 1 saturated carbocycles. The summed E-state index contributed by atoms with van der Waals surface area (Å²) < 4.78 is 60.6. The lowest BCUT2D eigenvalue weighted by atomic mass is 10.1. The summed E-state index contributed by atoms with van der Waals surface area (Å²) in [5.74, 6) is -5.59. The Balaban J connectivity index is 2.20. The standard InChI is InChI=1S/C19H18F4O2/c1-5-7-10-14(20)16(22)11(17(23)15(10)21)9-25-18(24)13-12(8-6-2)19(13,3)4/h1,6,8,12-13H,7,9H2,2-4H3/b8-6-.